The zero-order chi connectivity index (χ0) is 18.9. The van der Waals surface area contributed by atoms with Crippen LogP contribution in [0.3, 0.4) is 0 Å². The molecule has 2 aromatic rings. The number of benzene rings is 2. The fourth-order valence-corrected chi connectivity index (χ4v) is 3.28. The molecular formula is C19H22ClN3O2S. The average Bonchev–Trinajstić information content (AvgIpc) is 2.59. The standard InChI is InChI=1S/C19H22ClN3O2S/c1-13-6-7-17(14(2)8-13)21-10-18(24)22-23-19(25)12-26-11-15-4-3-5-16(20)9-15/h3-9,21H,10-12H2,1-2H3,(H,22,24)(H,23,25). The number of halogens is 1. The van der Waals surface area contributed by atoms with Gasteiger partial charge in [-0.05, 0) is 43.2 Å². The Morgan fingerprint density at radius 2 is 1.81 bits per heavy atom. The first kappa shape index (κ1) is 20.1. The zero-order valence-corrected chi connectivity index (χ0v) is 16.3. The lowest BCUT2D eigenvalue weighted by Gasteiger charge is -2.11. The lowest BCUT2D eigenvalue weighted by Crippen LogP contribution is -2.44. The molecule has 26 heavy (non-hydrogen) atoms. The molecule has 0 radical (unpaired) electrons. The van der Waals surface area contributed by atoms with Crippen LogP contribution in [-0.4, -0.2) is 24.1 Å². The summed E-state index contributed by atoms with van der Waals surface area (Å²) in [5, 5.41) is 3.73. The molecule has 2 aromatic carbocycles. The van der Waals surface area contributed by atoms with E-state index in [-0.39, 0.29) is 24.1 Å². The summed E-state index contributed by atoms with van der Waals surface area (Å²) in [6, 6.07) is 13.5. The average molecular weight is 392 g/mol. The summed E-state index contributed by atoms with van der Waals surface area (Å²) in [7, 11) is 0. The van der Waals surface area contributed by atoms with Crippen molar-refractivity contribution < 1.29 is 9.59 Å². The van der Waals surface area contributed by atoms with Crippen LogP contribution in [0.1, 0.15) is 16.7 Å². The van der Waals surface area contributed by atoms with E-state index in [0.29, 0.717) is 10.8 Å². The molecule has 5 nitrogen and oxygen atoms in total. The van der Waals surface area contributed by atoms with Crippen LogP contribution in [0.4, 0.5) is 5.69 Å². The fourth-order valence-electron chi connectivity index (χ4n) is 2.30. The van der Waals surface area contributed by atoms with Crippen LogP contribution in [-0.2, 0) is 15.3 Å². The Bertz CT molecular complexity index is 783. The van der Waals surface area contributed by atoms with E-state index in [1.807, 2.05) is 56.3 Å². The maximum Gasteiger partial charge on any atom is 0.257 e. The smallest absolute Gasteiger partial charge is 0.257 e. The normalized spacial score (nSPS) is 10.3. The third-order valence-electron chi connectivity index (χ3n) is 3.55. The van der Waals surface area contributed by atoms with Gasteiger partial charge in [-0.2, -0.15) is 0 Å². The largest absolute Gasteiger partial charge is 0.376 e. The van der Waals surface area contributed by atoms with Crippen LogP contribution < -0.4 is 16.2 Å². The molecule has 0 aliphatic carbocycles. The zero-order valence-electron chi connectivity index (χ0n) is 14.8. The molecule has 7 heteroatoms. The Labute approximate surface area is 162 Å². The number of hydrogen-bond donors (Lipinski definition) is 3. The van der Waals surface area contributed by atoms with Gasteiger partial charge in [-0.25, -0.2) is 0 Å². The third-order valence-corrected chi connectivity index (χ3v) is 4.79. The molecule has 0 unspecified atom stereocenters. The molecule has 0 spiro atoms. The number of thioether (sulfide) groups is 1. The monoisotopic (exact) mass is 391 g/mol. The lowest BCUT2D eigenvalue weighted by molar-refractivity contribution is -0.126. The van der Waals surface area contributed by atoms with Crippen molar-refractivity contribution in [2.75, 3.05) is 17.6 Å². The van der Waals surface area contributed by atoms with Gasteiger partial charge in [0, 0.05) is 16.5 Å². The Hall–Kier alpha value is -2.18. The van der Waals surface area contributed by atoms with E-state index in [4.69, 9.17) is 11.6 Å². The van der Waals surface area contributed by atoms with Gasteiger partial charge in [-0.15, -0.1) is 11.8 Å². The van der Waals surface area contributed by atoms with Crippen molar-refractivity contribution in [3.63, 3.8) is 0 Å². The van der Waals surface area contributed by atoms with Crippen LogP contribution in [0.2, 0.25) is 5.02 Å². The predicted octanol–water partition coefficient (Wildman–Crippen LogP) is 3.45. The Kier molecular flexibility index (Phi) is 7.81. The SMILES string of the molecule is Cc1ccc(NCC(=O)NNC(=O)CSCc2cccc(Cl)c2)c(C)c1. The summed E-state index contributed by atoms with van der Waals surface area (Å²) in [5.41, 5.74) is 9.01. The number of hydrogen-bond acceptors (Lipinski definition) is 4. The van der Waals surface area contributed by atoms with Gasteiger partial charge in [-0.3, -0.25) is 20.4 Å². The lowest BCUT2D eigenvalue weighted by atomic mass is 10.1. The molecule has 0 aliphatic heterocycles. The predicted molar refractivity (Wildman–Crippen MR) is 108 cm³/mol. The molecule has 0 saturated carbocycles. The van der Waals surface area contributed by atoms with E-state index in [0.717, 1.165) is 16.8 Å². The van der Waals surface area contributed by atoms with Gasteiger partial charge in [0.2, 0.25) is 5.91 Å². The molecule has 0 atom stereocenters. The summed E-state index contributed by atoms with van der Waals surface area (Å²) < 4.78 is 0. The van der Waals surface area contributed by atoms with Crippen LogP contribution in [0.25, 0.3) is 0 Å². The van der Waals surface area contributed by atoms with Gasteiger partial charge in [0.1, 0.15) is 0 Å². The molecule has 2 rings (SSSR count). The van der Waals surface area contributed by atoms with Gasteiger partial charge in [-0.1, -0.05) is 41.4 Å². The van der Waals surface area contributed by atoms with Crippen molar-refractivity contribution in [2.24, 2.45) is 0 Å². The van der Waals surface area contributed by atoms with Crippen molar-refractivity contribution >= 4 is 40.9 Å². The minimum atomic E-state index is -0.307. The van der Waals surface area contributed by atoms with Crippen LogP contribution in [0.15, 0.2) is 42.5 Å². The fraction of sp³-hybridized carbons (Fsp3) is 0.263. The number of rotatable bonds is 7. The van der Waals surface area contributed by atoms with E-state index in [1.54, 1.807) is 0 Å². The first-order valence-corrected chi connectivity index (χ1v) is 9.68. The number of nitrogens with one attached hydrogen (secondary N) is 3. The maximum atomic E-state index is 11.8. The summed E-state index contributed by atoms with van der Waals surface area (Å²) in [4.78, 5) is 23.6. The number of carbonyl (C=O) groups is 2. The first-order chi connectivity index (χ1) is 12.4. The highest BCUT2D eigenvalue weighted by Crippen LogP contribution is 2.16. The maximum absolute atomic E-state index is 11.8. The second-order valence-electron chi connectivity index (χ2n) is 5.89. The molecule has 0 heterocycles. The molecule has 0 aliphatic rings. The number of anilines is 1. The number of hydrazine groups is 1. The minimum Gasteiger partial charge on any atom is -0.376 e. The Balaban J connectivity index is 1.64. The highest BCUT2D eigenvalue weighted by atomic mass is 35.5. The van der Waals surface area contributed by atoms with E-state index in [1.165, 1.54) is 17.3 Å². The molecule has 0 aromatic heterocycles. The molecule has 0 fully saturated rings. The highest BCUT2D eigenvalue weighted by molar-refractivity contribution is 7.99. The quantitative estimate of drug-likeness (QED) is 0.632. The summed E-state index contributed by atoms with van der Waals surface area (Å²) in [5.74, 6) is 0.364. The van der Waals surface area contributed by atoms with Crippen molar-refractivity contribution in [2.45, 2.75) is 19.6 Å². The van der Waals surface area contributed by atoms with Gasteiger partial charge in [0.25, 0.3) is 5.91 Å². The summed E-state index contributed by atoms with van der Waals surface area (Å²) in [6.45, 7) is 4.08. The Morgan fingerprint density at radius 1 is 1.04 bits per heavy atom. The van der Waals surface area contributed by atoms with Gasteiger partial charge >= 0.3 is 0 Å². The van der Waals surface area contributed by atoms with Crippen molar-refractivity contribution in [1.82, 2.24) is 10.9 Å². The number of aryl methyl sites for hydroxylation is 2. The molecular weight excluding hydrogens is 370 g/mol. The summed E-state index contributed by atoms with van der Waals surface area (Å²) in [6.07, 6.45) is 0. The van der Waals surface area contributed by atoms with Crippen molar-refractivity contribution in [1.29, 1.82) is 0 Å². The van der Waals surface area contributed by atoms with Crippen LogP contribution >= 0.6 is 23.4 Å². The van der Waals surface area contributed by atoms with E-state index >= 15 is 0 Å². The van der Waals surface area contributed by atoms with Crippen LogP contribution in [0.5, 0.6) is 0 Å². The Morgan fingerprint density at radius 3 is 2.54 bits per heavy atom. The van der Waals surface area contributed by atoms with E-state index in [2.05, 4.69) is 16.2 Å². The minimum absolute atomic E-state index is 0.0832. The molecule has 0 bridgehead atoms. The highest BCUT2D eigenvalue weighted by Gasteiger charge is 2.06. The molecule has 138 valence electrons. The van der Waals surface area contributed by atoms with Crippen molar-refractivity contribution in [3.05, 3.63) is 64.2 Å². The number of carbonyl (C=O) groups excluding carboxylic acids is 2. The van der Waals surface area contributed by atoms with Gasteiger partial charge in [0.05, 0.1) is 12.3 Å². The summed E-state index contributed by atoms with van der Waals surface area (Å²) >= 11 is 7.37. The second-order valence-corrected chi connectivity index (χ2v) is 7.31. The van der Waals surface area contributed by atoms with Gasteiger partial charge in [0.15, 0.2) is 0 Å². The second kappa shape index (κ2) is 10.1. The van der Waals surface area contributed by atoms with Crippen molar-refractivity contribution in [3.8, 4) is 0 Å². The topological polar surface area (TPSA) is 70.2 Å². The van der Waals surface area contributed by atoms with Crippen LogP contribution in [0, 0.1) is 13.8 Å². The van der Waals surface area contributed by atoms with Gasteiger partial charge < -0.3 is 5.32 Å². The molecule has 3 N–H and O–H groups in total. The molecule has 0 saturated heterocycles. The first-order valence-electron chi connectivity index (χ1n) is 8.15. The van der Waals surface area contributed by atoms with E-state index in [9.17, 15) is 9.59 Å². The third kappa shape index (κ3) is 6.98. The number of amides is 2. The molecule has 2 amide bonds. The van der Waals surface area contributed by atoms with E-state index < -0.39 is 0 Å².